The van der Waals surface area contributed by atoms with Gasteiger partial charge in [0, 0.05) is 25.8 Å². The van der Waals surface area contributed by atoms with E-state index >= 15 is 0 Å². The van der Waals surface area contributed by atoms with Gasteiger partial charge < -0.3 is 14.0 Å². The van der Waals surface area contributed by atoms with E-state index in [1.165, 1.54) is 11.3 Å². The van der Waals surface area contributed by atoms with Gasteiger partial charge in [-0.1, -0.05) is 11.3 Å². The second-order valence-corrected chi connectivity index (χ2v) is 6.51. The zero-order chi connectivity index (χ0) is 15.7. The number of hydrogen-bond donors (Lipinski definition) is 0. The summed E-state index contributed by atoms with van der Waals surface area (Å²) in [7, 11) is 1.25. The Kier molecular flexibility index (Phi) is 4.68. The van der Waals surface area contributed by atoms with Gasteiger partial charge in [0.05, 0.1) is 23.4 Å². The lowest BCUT2D eigenvalue weighted by Gasteiger charge is -2.23. The first-order valence-electron chi connectivity index (χ1n) is 7.49. The molecule has 1 aliphatic heterocycles. The van der Waals surface area contributed by atoms with Crippen molar-refractivity contribution >= 4 is 34.1 Å². The number of methoxy groups -OCH3 is 1. The molecule has 1 aliphatic rings. The zero-order valence-electron chi connectivity index (χ0n) is 13.2. The van der Waals surface area contributed by atoms with Crippen molar-refractivity contribution in [3.05, 3.63) is 26.9 Å². The van der Waals surface area contributed by atoms with Crippen LogP contribution in [0.25, 0.3) is 10.2 Å². The van der Waals surface area contributed by atoms with Crippen molar-refractivity contribution in [1.29, 1.82) is 0 Å². The summed E-state index contributed by atoms with van der Waals surface area (Å²) in [5.74, 6) is 0. The minimum absolute atomic E-state index is 0.0362. The Morgan fingerprint density at radius 2 is 2.09 bits per heavy atom. The Labute approximate surface area is 133 Å². The summed E-state index contributed by atoms with van der Waals surface area (Å²) in [6.45, 7) is 6.54. The lowest BCUT2D eigenvalue weighted by atomic mass is 9.73. The molecule has 0 radical (unpaired) electrons. The van der Waals surface area contributed by atoms with Crippen LogP contribution in [0.15, 0.2) is 10.9 Å². The normalized spacial score (nSPS) is 15.7. The predicted octanol–water partition coefficient (Wildman–Crippen LogP) is 1.46. The summed E-state index contributed by atoms with van der Waals surface area (Å²) in [6.07, 6.45) is 0.907. The predicted molar refractivity (Wildman–Crippen MR) is 89.3 cm³/mol. The first-order valence-corrected chi connectivity index (χ1v) is 8.30. The van der Waals surface area contributed by atoms with E-state index < -0.39 is 0 Å². The number of thiazole rings is 1. The Morgan fingerprint density at radius 3 is 2.77 bits per heavy atom. The second-order valence-electron chi connectivity index (χ2n) is 5.52. The van der Waals surface area contributed by atoms with Gasteiger partial charge >= 0.3 is 12.0 Å². The van der Waals surface area contributed by atoms with E-state index in [9.17, 15) is 4.79 Å². The van der Waals surface area contributed by atoms with Gasteiger partial charge in [0.2, 0.25) is 0 Å². The number of aromatic nitrogens is 1. The molecule has 0 aliphatic carbocycles. The maximum Gasteiger partial charge on any atom is 0.496 e. The average molecular weight is 321 g/mol. The van der Waals surface area contributed by atoms with Crippen LogP contribution in [-0.2, 0) is 20.6 Å². The highest BCUT2D eigenvalue weighted by Crippen LogP contribution is 2.22. The molecule has 0 spiro atoms. The summed E-state index contributed by atoms with van der Waals surface area (Å²) < 4.78 is 19.5. The van der Waals surface area contributed by atoms with E-state index in [0.29, 0.717) is 26.4 Å². The minimum Gasteiger partial charge on any atom is -0.407 e. The maximum absolute atomic E-state index is 12.3. The van der Waals surface area contributed by atoms with E-state index in [1.54, 1.807) is 11.7 Å². The highest BCUT2D eigenvalue weighted by atomic mass is 32.1. The monoisotopic (exact) mass is 321 g/mol. The van der Waals surface area contributed by atoms with Gasteiger partial charge in [0.15, 0.2) is 0 Å². The van der Waals surface area contributed by atoms with Crippen molar-refractivity contribution in [2.75, 3.05) is 26.9 Å². The largest absolute Gasteiger partial charge is 0.496 e. The summed E-state index contributed by atoms with van der Waals surface area (Å²) in [4.78, 5) is 12.4. The Bertz CT molecular complexity index is 733. The van der Waals surface area contributed by atoms with Crippen LogP contribution in [0, 0.1) is 13.8 Å². The highest BCUT2D eigenvalue weighted by molar-refractivity contribution is 7.16. The van der Waals surface area contributed by atoms with Crippen LogP contribution in [-0.4, -0.2) is 38.6 Å². The van der Waals surface area contributed by atoms with Gasteiger partial charge in [0.1, 0.15) is 0 Å². The third kappa shape index (κ3) is 2.74. The fourth-order valence-electron chi connectivity index (χ4n) is 2.82. The van der Waals surface area contributed by atoms with Crippen molar-refractivity contribution in [2.45, 2.75) is 26.8 Å². The molecule has 0 atom stereocenters. The summed E-state index contributed by atoms with van der Waals surface area (Å²) in [5, 5.41) is 0. The van der Waals surface area contributed by atoms with Crippen LogP contribution in [0.1, 0.15) is 17.5 Å². The summed E-state index contributed by atoms with van der Waals surface area (Å²) >= 11 is 1.27. The second kappa shape index (κ2) is 6.54. The molecule has 1 saturated heterocycles. The van der Waals surface area contributed by atoms with Crippen LogP contribution >= 0.6 is 11.3 Å². The van der Waals surface area contributed by atoms with E-state index in [-0.39, 0.29) is 12.0 Å². The summed E-state index contributed by atoms with van der Waals surface area (Å²) in [5.41, 5.74) is 4.20. The Balaban J connectivity index is 2.21. The molecular weight excluding hydrogens is 301 g/mol. The molecule has 0 amide bonds. The van der Waals surface area contributed by atoms with E-state index in [2.05, 4.69) is 19.9 Å². The Hall–Kier alpha value is -1.15. The van der Waals surface area contributed by atoms with Crippen LogP contribution in [0.4, 0.5) is 0 Å². The zero-order valence-corrected chi connectivity index (χ0v) is 14.0. The van der Waals surface area contributed by atoms with E-state index in [4.69, 9.17) is 14.0 Å². The minimum atomic E-state index is -0.390. The third-order valence-electron chi connectivity index (χ3n) is 4.10. The lowest BCUT2D eigenvalue weighted by molar-refractivity contribution is 0.143. The van der Waals surface area contributed by atoms with Crippen molar-refractivity contribution in [3.63, 3.8) is 0 Å². The molecule has 1 aromatic carbocycles. The van der Waals surface area contributed by atoms with Crippen LogP contribution in [0.3, 0.4) is 0 Å². The number of benzene rings is 1. The first kappa shape index (κ1) is 15.7. The van der Waals surface area contributed by atoms with Crippen LogP contribution < -0.4 is 10.3 Å². The van der Waals surface area contributed by atoms with Crippen molar-refractivity contribution < 1.29 is 14.0 Å². The maximum atomic E-state index is 12.3. The number of hydrogen-bond acceptors (Lipinski definition) is 5. The van der Waals surface area contributed by atoms with Crippen LogP contribution in [0.5, 0.6) is 0 Å². The van der Waals surface area contributed by atoms with Crippen molar-refractivity contribution in [2.24, 2.45) is 0 Å². The molecule has 118 valence electrons. The van der Waals surface area contributed by atoms with Crippen molar-refractivity contribution in [3.8, 4) is 0 Å². The third-order valence-corrected chi connectivity index (χ3v) is 5.03. The molecule has 5 nitrogen and oxygen atoms in total. The number of aryl methyl sites for hydroxylation is 1. The molecule has 22 heavy (non-hydrogen) atoms. The summed E-state index contributed by atoms with van der Waals surface area (Å²) in [6, 6.07) is 2.08. The standard InChI is InChI=1S/C15H20BNO4S/c1-10-9-12-14(17(5-8-19-3)15(18)22-12)13(11(10)2)16-20-6-4-7-21-16/h9H,4-8H2,1-3H3. The van der Waals surface area contributed by atoms with Gasteiger partial charge in [-0.2, -0.15) is 0 Å². The smallest absolute Gasteiger partial charge is 0.407 e. The molecule has 0 bridgehead atoms. The molecule has 0 N–H and O–H groups in total. The number of fused-ring (bicyclic) bond motifs is 1. The van der Waals surface area contributed by atoms with E-state index in [0.717, 1.165) is 33.2 Å². The number of nitrogens with zero attached hydrogens (tertiary/aromatic N) is 1. The molecule has 2 heterocycles. The van der Waals surface area contributed by atoms with Gasteiger partial charge in [0.25, 0.3) is 0 Å². The van der Waals surface area contributed by atoms with Gasteiger partial charge in [-0.3, -0.25) is 9.36 Å². The quantitative estimate of drug-likeness (QED) is 0.800. The highest BCUT2D eigenvalue weighted by Gasteiger charge is 2.31. The molecule has 2 aromatic rings. The molecule has 3 rings (SSSR count). The molecule has 7 heteroatoms. The van der Waals surface area contributed by atoms with Crippen LogP contribution in [0.2, 0.25) is 0 Å². The SMILES string of the molecule is COCCn1c(=O)sc2cc(C)c(C)c(B3OCCCO3)c21. The van der Waals surface area contributed by atoms with Gasteiger partial charge in [-0.15, -0.1) is 0 Å². The number of rotatable bonds is 4. The lowest BCUT2D eigenvalue weighted by Crippen LogP contribution is -2.44. The molecule has 1 fully saturated rings. The molecule has 0 saturated carbocycles. The van der Waals surface area contributed by atoms with Gasteiger partial charge in [-0.05, 0) is 37.5 Å². The fraction of sp³-hybridized carbons (Fsp3) is 0.533. The van der Waals surface area contributed by atoms with Gasteiger partial charge in [-0.25, -0.2) is 0 Å². The Morgan fingerprint density at radius 1 is 1.36 bits per heavy atom. The number of ether oxygens (including phenoxy) is 1. The molecule has 1 aromatic heterocycles. The van der Waals surface area contributed by atoms with Crippen molar-refractivity contribution in [1.82, 2.24) is 4.57 Å². The van der Waals surface area contributed by atoms with E-state index in [1.807, 2.05) is 0 Å². The first-order chi connectivity index (χ1) is 10.6. The average Bonchev–Trinajstić information content (AvgIpc) is 2.82. The molecular formula is C15H20BNO4S. The topological polar surface area (TPSA) is 49.7 Å². The molecule has 0 unspecified atom stereocenters. The fourth-order valence-corrected chi connectivity index (χ4v) is 3.85.